The van der Waals surface area contributed by atoms with Crippen LogP contribution in [0.4, 0.5) is 5.69 Å². The van der Waals surface area contributed by atoms with Crippen LogP contribution in [0.2, 0.25) is 5.02 Å². The van der Waals surface area contributed by atoms with Crippen molar-refractivity contribution >= 4 is 39.2 Å². The minimum absolute atomic E-state index is 0.0621. The summed E-state index contributed by atoms with van der Waals surface area (Å²) in [6, 6.07) is 11.4. The van der Waals surface area contributed by atoms with Crippen LogP contribution >= 0.6 is 11.6 Å². The first-order chi connectivity index (χ1) is 11.1. The van der Waals surface area contributed by atoms with Crippen LogP contribution in [0.15, 0.2) is 51.7 Å². The summed E-state index contributed by atoms with van der Waals surface area (Å²) in [6.45, 7) is 0. The molecule has 0 radical (unpaired) electrons. The number of hydrogen-bond acceptors (Lipinski definition) is 5. The molecule has 23 heavy (non-hydrogen) atoms. The van der Waals surface area contributed by atoms with Gasteiger partial charge in [-0.25, -0.2) is 4.98 Å². The minimum atomic E-state index is -0.637. The van der Waals surface area contributed by atoms with E-state index >= 15 is 0 Å². The molecule has 2 aromatic carbocycles. The Morgan fingerprint density at radius 3 is 2.70 bits per heavy atom. The van der Waals surface area contributed by atoms with E-state index in [1.54, 1.807) is 30.3 Å². The maximum absolute atomic E-state index is 12.5. The second kappa shape index (κ2) is 4.76. The van der Waals surface area contributed by atoms with E-state index in [2.05, 4.69) is 4.98 Å². The molecule has 0 unspecified atom stereocenters. The first-order valence-electron chi connectivity index (χ1n) is 6.66. The highest BCUT2D eigenvalue weighted by atomic mass is 35.5. The van der Waals surface area contributed by atoms with Crippen molar-refractivity contribution in [3.8, 4) is 11.5 Å². The Labute approximate surface area is 133 Å². The van der Waals surface area contributed by atoms with Gasteiger partial charge in [-0.2, -0.15) is 0 Å². The molecule has 2 aliphatic rings. The van der Waals surface area contributed by atoms with E-state index < -0.39 is 10.4 Å². The lowest BCUT2D eigenvalue weighted by atomic mass is 10.0. The number of benzene rings is 3. The predicted octanol–water partition coefficient (Wildman–Crippen LogP) is 4.01. The Morgan fingerprint density at radius 1 is 1.13 bits per heavy atom. The minimum Gasteiger partial charge on any atom is -0.451 e. The van der Waals surface area contributed by atoms with Crippen LogP contribution in [0.5, 0.6) is 0 Å². The van der Waals surface area contributed by atoms with Crippen LogP contribution in [0.3, 0.4) is 0 Å². The topological polar surface area (TPSA) is 86.2 Å². The van der Waals surface area contributed by atoms with Crippen molar-refractivity contribution in [2.24, 2.45) is 0 Å². The second-order valence-electron chi connectivity index (χ2n) is 4.96. The molecule has 0 saturated carbocycles. The van der Waals surface area contributed by atoms with Crippen molar-refractivity contribution in [2.75, 3.05) is 0 Å². The molecule has 1 aliphatic heterocycles. The Balaban J connectivity index is 2.31. The number of nitrogens with zero attached hydrogens (tertiary/aromatic N) is 2. The molecule has 0 N–H and O–H groups in total. The predicted molar refractivity (Wildman–Crippen MR) is 86.1 cm³/mol. The van der Waals surface area contributed by atoms with E-state index in [9.17, 15) is 14.9 Å². The summed E-state index contributed by atoms with van der Waals surface area (Å²) in [5.74, 6) is 0.128. The second-order valence-corrected chi connectivity index (χ2v) is 5.34. The molecule has 0 saturated heterocycles. The van der Waals surface area contributed by atoms with Gasteiger partial charge in [0.05, 0.1) is 4.92 Å². The van der Waals surface area contributed by atoms with Gasteiger partial charge in [-0.05, 0) is 12.1 Å². The third-order valence-electron chi connectivity index (χ3n) is 3.64. The third-order valence-corrected chi connectivity index (χ3v) is 3.99. The average molecular weight is 327 g/mol. The lowest BCUT2D eigenvalue weighted by molar-refractivity contribution is -0.383. The summed E-state index contributed by atoms with van der Waals surface area (Å²) >= 11 is 6.11. The number of non-ortho nitro benzene ring substituents is 1. The van der Waals surface area contributed by atoms with Crippen LogP contribution in [0.1, 0.15) is 0 Å². The number of rotatable bonds is 1. The van der Waals surface area contributed by atoms with E-state index in [0.717, 1.165) is 0 Å². The molecule has 0 bridgehead atoms. The summed E-state index contributed by atoms with van der Waals surface area (Å²) in [4.78, 5) is 27.5. The number of nitro benzene ring substituents is 1. The fourth-order valence-corrected chi connectivity index (χ4v) is 2.86. The van der Waals surface area contributed by atoms with Gasteiger partial charge in [-0.1, -0.05) is 35.9 Å². The van der Waals surface area contributed by atoms with E-state index in [4.69, 9.17) is 16.0 Å². The molecule has 0 amide bonds. The SMILES string of the molecule is O=c1c(Cl)c2oc3ccccc3nc-2c2cccc([N+](=O)[O-])c12. The van der Waals surface area contributed by atoms with Gasteiger partial charge in [0.15, 0.2) is 11.3 Å². The molecule has 1 aliphatic carbocycles. The van der Waals surface area contributed by atoms with Gasteiger partial charge in [-0.3, -0.25) is 14.9 Å². The van der Waals surface area contributed by atoms with E-state index in [1.807, 2.05) is 0 Å². The monoisotopic (exact) mass is 326 g/mol. The Kier molecular flexibility index (Phi) is 2.82. The maximum Gasteiger partial charge on any atom is 0.281 e. The Hall–Kier alpha value is -2.99. The number of hydrogen-bond donors (Lipinski definition) is 0. The largest absolute Gasteiger partial charge is 0.451 e. The van der Waals surface area contributed by atoms with Crippen LogP contribution in [0.25, 0.3) is 33.3 Å². The zero-order valence-corrected chi connectivity index (χ0v) is 12.2. The van der Waals surface area contributed by atoms with Gasteiger partial charge in [0.2, 0.25) is 5.43 Å². The Bertz CT molecular complexity index is 1140. The van der Waals surface area contributed by atoms with Gasteiger partial charge in [-0.15, -0.1) is 0 Å². The lowest BCUT2D eigenvalue weighted by Gasteiger charge is -2.10. The molecular weight excluding hydrogens is 320 g/mol. The van der Waals surface area contributed by atoms with Crippen molar-refractivity contribution in [2.45, 2.75) is 0 Å². The van der Waals surface area contributed by atoms with Gasteiger partial charge in [0.1, 0.15) is 21.6 Å². The summed E-state index contributed by atoms with van der Waals surface area (Å²) in [5, 5.41) is 11.3. The zero-order chi connectivity index (χ0) is 16.1. The fraction of sp³-hybridized carbons (Fsp3) is 0. The fourth-order valence-electron chi connectivity index (χ4n) is 2.64. The van der Waals surface area contributed by atoms with Crippen molar-refractivity contribution in [1.82, 2.24) is 4.98 Å². The van der Waals surface area contributed by atoms with Crippen molar-refractivity contribution < 1.29 is 9.34 Å². The first-order valence-corrected chi connectivity index (χ1v) is 7.04. The first kappa shape index (κ1) is 13.7. The number of aromatic nitrogens is 1. The number of para-hydroxylation sites is 2. The molecular formula is C16H7ClN2O4. The van der Waals surface area contributed by atoms with Crippen LogP contribution in [-0.2, 0) is 0 Å². The summed E-state index contributed by atoms with van der Waals surface area (Å²) in [6.07, 6.45) is 0. The molecule has 0 aromatic heterocycles. The molecule has 0 fully saturated rings. The molecule has 1 heterocycles. The standard InChI is InChI=1S/C16H7ClN2O4/c17-13-15(20)12-8(4-3-6-10(12)19(21)22)14-16(13)23-11-7-2-1-5-9(11)18-14/h1-7H. The summed E-state index contributed by atoms with van der Waals surface area (Å²) < 4.78 is 5.70. The van der Waals surface area contributed by atoms with E-state index in [0.29, 0.717) is 22.2 Å². The molecule has 4 rings (SSSR count). The number of halogens is 1. The summed E-state index contributed by atoms with van der Waals surface area (Å²) in [5.41, 5.74) is 0.439. The molecule has 0 atom stereocenters. The highest BCUT2D eigenvalue weighted by molar-refractivity contribution is 6.34. The van der Waals surface area contributed by atoms with E-state index in [-0.39, 0.29) is 21.9 Å². The summed E-state index contributed by atoms with van der Waals surface area (Å²) in [7, 11) is 0. The normalized spacial score (nSPS) is 11.3. The third kappa shape index (κ3) is 1.89. The molecule has 112 valence electrons. The van der Waals surface area contributed by atoms with Crippen LogP contribution in [0, 0.1) is 10.1 Å². The highest BCUT2D eigenvalue weighted by Crippen LogP contribution is 2.37. The molecule has 0 spiro atoms. The maximum atomic E-state index is 12.5. The van der Waals surface area contributed by atoms with Crippen LogP contribution in [-0.4, -0.2) is 9.91 Å². The van der Waals surface area contributed by atoms with Crippen LogP contribution < -0.4 is 5.43 Å². The van der Waals surface area contributed by atoms with Gasteiger partial charge < -0.3 is 4.42 Å². The van der Waals surface area contributed by atoms with Gasteiger partial charge in [0.25, 0.3) is 5.69 Å². The van der Waals surface area contributed by atoms with Crippen molar-refractivity contribution in [3.63, 3.8) is 0 Å². The number of fused-ring (bicyclic) bond motifs is 4. The van der Waals surface area contributed by atoms with Gasteiger partial charge in [0, 0.05) is 11.5 Å². The lowest BCUT2D eigenvalue weighted by Crippen LogP contribution is -2.09. The van der Waals surface area contributed by atoms with Gasteiger partial charge >= 0.3 is 0 Å². The smallest absolute Gasteiger partial charge is 0.281 e. The molecule has 2 aromatic rings. The number of nitro groups is 1. The molecule has 6 nitrogen and oxygen atoms in total. The Morgan fingerprint density at radius 2 is 1.91 bits per heavy atom. The average Bonchev–Trinajstić information content (AvgIpc) is 2.57. The van der Waals surface area contributed by atoms with Crippen molar-refractivity contribution in [1.29, 1.82) is 0 Å². The highest BCUT2D eigenvalue weighted by Gasteiger charge is 2.25. The quantitative estimate of drug-likeness (QED) is 0.228. The molecule has 7 heteroatoms. The van der Waals surface area contributed by atoms with Crippen molar-refractivity contribution in [3.05, 3.63) is 67.8 Å². The zero-order valence-electron chi connectivity index (χ0n) is 11.4. The van der Waals surface area contributed by atoms with E-state index in [1.165, 1.54) is 12.1 Å².